The van der Waals surface area contributed by atoms with Gasteiger partial charge in [0.15, 0.2) is 0 Å². The Kier molecular flexibility index (Phi) is 4.75. The van der Waals surface area contributed by atoms with Crippen LogP contribution in [0.15, 0.2) is 48.5 Å². The summed E-state index contributed by atoms with van der Waals surface area (Å²) in [6.45, 7) is 6.66. The van der Waals surface area contributed by atoms with E-state index in [1.807, 2.05) is 40.1 Å². The monoisotopic (exact) mass is 379 g/mol. The molecular formula is C22H22ClN3O. The van der Waals surface area contributed by atoms with Crippen LogP contribution in [0, 0.1) is 13.8 Å². The summed E-state index contributed by atoms with van der Waals surface area (Å²) in [5.74, 6) is 0.926. The van der Waals surface area contributed by atoms with Crippen molar-refractivity contribution in [3.63, 3.8) is 0 Å². The quantitative estimate of drug-likeness (QED) is 0.678. The Bertz CT molecular complexity index is 1020. The van der Waals surface area contributed by atoms with E-state index >= 15 is 0 Å². The number of rotatable bonds is 3. The third-order valence-corrected chi connectivity index (χ3v) is 5.55. The summed E-state index contributed by atoms with van der Waals surface area (Å²) in [6, 6.07) is 16.1. The van der Waals surface area contributed by atoms with Crippen LogP contribution in [0.3, 0.4) is 0 Å². The summed E-state index contributed by atoms with van der Waals surface area (Å²) in [5.41, 5.74) is 4.49. The lowest BCUT2D eigenvalue weighted by Gasteiger charge is -2.35. The molecule has 4 rings (SSSR count). The minimum Gasteiger partial charge on any atom is -0.346 e. The molecule has 2 aromatic carbocycles. The average molecular weight is 380 g/mol. The largest absolute Gasteiger partial charge is 0.346 e. The van der Waals surface area contributed by atoms with Crippen molar-refractivity contribution in [1.82, 2.24) is 9.88 Å². The first-order valence-electron chi connectivity index (χ1n) is 9.15. The van der Waals surface area contributed by atoms with Crippen LogP contribution in [0.2, 0.25) is 5.02 Å². The summed E-state index contributed by atoms with van der Waals surface area (Å²) < 4.78 is 0. The molecule has 1 aliphatic heterocycles. The number of carbonyl (C=O) groups excluding carboxylic acids is 1. The number of anilines is 1. The Hall–Kier alpha value is -2.59. The van der Waals surface area contributed by atoms with Crippen LogP contribution in [0.5, 0.6) is 0 Å². The van der Waals surface area contributed by atoms with Crippen LogP contribution in [0.4, 0.5) is 5.82 Å². The Morgan fingerprint density at radius 3 is 2.67 bits per heavy atom. The Morgan fingerprint density at radius 2 is 1.89 bits per heavy atom. The van der Waals surface area contributed by atoms with E-state index < -0.39 is 0 Å². The van der Waals surface area contributed by atoms with Gasteiger partial charge in [0, 0.05) is 25.0 Å². The lowest BCUT2D eigenvalue weighted by molar-refractivity contribution is -0.131. The first-order valence-corrected chi connectivity index (χ1v) is 9.53. The van der Waals surface area contributed by atoms with E-state index in [-0.39, 0.29) is 5.91 Å². The molecule has 0 spiro atoms. The number of piperazine rings is 1. The maximum Gasteiger partial charge on any atom is 0.242 e. The van der Waals surface area contributed by atoms with Crippen molar-refractivity contribution in [1.29, 1.82) is 0 Å². The molecule has 1 fully saturated rings. The van der Waals surface area contributed by atoms with Crippen molar-refractivity contribution >= 4 is 34.2 Å². The van der Waals surface area contributed by atoms with Gasteiger partial charge in [-0.2, -0.15) is 0 Å². The molecule has 0 aliphatic carbocycles. The van der Waals surface area contributed by atoms with Crippen LogP contribution < -0.4 is 4.90 Å². The maximum absolute atomic E-state index is 12.7. The molecule has 0 atom stereocenters. The first-order chi connectivity index (χ1) is 13.0. The third kappa shape index (κ3) is 3.62. The van der Waals surface area contributed by atoms with Gasteiger partial charge in [0.2, 0.25) is 5.91 Å². The minimum absolute atomic E-state index is 0.125. The molecule has 1 saturated heterocycles. The number of halogens is 1. The summed E-state index contributed by atoms with van der Waals surface area (Å²) in [6.07, 6.45) is 0. The smallest absolute Gasteiger partial charge is 0.242 e. The number of aryl methyl sites for hydroxylation is 2. The summed E-state index contributed by atoms with van der Waals surface area (Å²) >= 11 is 6.28. The number of benzene rings is 2. The van der Waals surface area contributed by atoms with Gasteiger partial charge >= 0.3 is 0 Å². The molecule has 0 radical (unpaired) electrons. The van der Waals surface area contributed by atoms with E-state index in [4.69, 9.17) is 11.6 Å². The van der Waals surface area contributed by atoms with Crippen LogP contribution in [-0.4, -0.2) is 35.4 Å². The van der Waals surface area contributed by atoms with Gasteiger partial charge in [-0.3, -0.25) is 4.79 Å². The van der Waals surface area contributed by atoms with Gasteiger partial charge in [0.25, 0.3) is 0 Å². The number of carbonyl (C=O) groups is 1. The topological polar surface area (TPSA) is 36.4 Å². The number of hydrogen-bond acceptors (Lipinski definition) is 3. The minimum atomic E-state index is 0.125. The van der Waals surface area contributed by atoms with Crippen molar-refractivity contribution in [2.45, 2.75) is 20.4 Å². The highest BCUT2D eigenvalue weighted by molar-refractivity contribution is 6.35. The maximum atomic E-state index is 12.7. The number of para-hydroxylation sites is 1. The van der Waals surface area contributed by atoms with E-state index in [1.54, 1.807) is 0 Å². The highest BCUT2D eigenvalue weighted by Crippen LogP contribution is 2.25. The fourth-order valence-electron chi connectivity index (χ4n) is 3.47. The van der Waals surface area contributed by atoms with E-state index in [1.165, 1.54) is 16.7 Å². The van der Waals surface area contributed by atoms with Crippen LogP contribution in [-0.2, 0) is 11.3 Å². The first kappa shape index (κ1) is 17.8. The molecule has 138 valence electrons. The van der Waals surface area contributed by atoms with Gasteiger partial charge < -0.3 is 9.80 Å². The van der Waals surface area contributed by atoms with Gasteiger partial charge in [-0.05, 0) is 48.7 Å². The molecule has 27 heavy (non-hydrogen) atoms. The molecule has 1 aromatic heterocycles. The van der Waals surface area contributed by atoms with Crippen molar-refractivity contribution < 1.29 is 4.79 Å². The zero-order chi connectivity index (χ0) is 19.0. The van der Waals surface area contributed by atoms with Crippen molar-refractivity contribution in [3.8, 4) is 0 Å². The summed E-state index contributed by atoms with van der Waals surface area (Å²) in [7, 11) is 0. The fourth-order valence-corrected chi connectivity index (χ4v) is 3.69. The predicted octanol–water partition coefficient (Wildman–Crippen LogP) is 4.35. The van der Waals surface area contributed by atoms with Crippen molar-refractivity contribution in [3.05, 3.63) is 70.2 Å². The van der Waals surface area contributed by atoms with Crippen LogP contribution in [0.1, 0.15) is 16.7 Å². The molecule has 2 heterocycles. The normalized spacial score (nSPS) is 14.9. The van der Waals surface area contributed by atoms with Gasteiger partial charge in [-0.15, -0.1) is 0 Å². The predicted molar refractivity (Wildman–Crippen MR) is 110 cm³/mol. The SMILES string of the molecule is Cc1ccc(CN2CCN(c3ccc4cccc(Cl)c4n3)CC2=O)cc1C. The summed E-state index contributed by atoms with van der Waals surface area (Å²) in [5, 5.41) is 1.64. The molecular weight excluding hydrogens is 358 g/mol. The number of amides is 1. The van der Waals surface area contributed by atoms with E-state index in [0.29, 0.717) is 24.7 Å². The highest BCUT2D eigenvalue weighted by atomic mass is 35.5. The zero-order valence-electron chi connectivity index (χ0n) is 15.6. The van der Waals surface area contributed by atoms with Gasteiger partial charge in [-0.1, -0.05) is 41.9 Å². The second kappa shape index (κ2) is 7.20. The molecule has 1 amide bonds. The Morgan fingerprint density at radius 1 is 1.04 bits per heavy atom. The fraction of sp³-hybridized carbons (Fsp3) is 0.273. The second-order valence-corrected chi connectivity index (χ2v) is 7.54. The number of hydrogen-bond donors (Lipinski definition) is 0. The van der Waals surface area contributed by atoms with Crippen LogP contribution in [0.25, 0.3) is 10.9 Å². The van der Waals surface area contributed by atoms with Crippen molar-refractivity contribution in [2.24, 2.45) is 0 Å². The molecule has 3 aromatic rings. The molecule has 4 nitrogen and oxygen atoms in total. The number of pyridine rings is 1. The number of aromatic nitrogens is 1. The molecule has 0 N–H and O–H groups in total. The van der Waals surface area contributed by atoms with Gasteiger partial charge in [0.1, 0.15) is 5.82 Å². The highest BCUT2D eigenvalue weighted by Gasteiger charge is 2.25. The van der Waals surface area contributed by atoms with E-state index in [2.05, 4.69) is 37.0 Å². The molecule has 0 saturated carbocycles. The molecule has 1 aliphatic rings. The lowest BCUT2D eigenvalue weighted by Crippen LogP contribution is -2.50. The van der Waals surface area contributed by atoms with Gasteiger partial charge in [0.05, 0.1) is 17.1 Å². The second-order valence-electron chi connectivity index (χ2n) is 7.14. The van der Waals surface area contributed by atoms with Gasteiger partial charge in [-0.25, -0.2) is 4.98 Å². The number of fused-ring (bicyclic) bond motifs is 1. The van der Waals surface area contributed by atoms with Crippen LogP contribution >= 0.6 is 11.6 Å². The van der Waals surface area contributed by atoms with E-state index in [9.17, 15) is 4.79 Å². The molecule has 0 unspecified atom stereocenters. The average Bonchev–Trinajstić information content (AvgIpc) is 2.66. The van der Waals surface area contributed by atoms with E-state index in [0.717, 1.165) is 23.3 Å². The zero-order valence-corrected chi connectivity index (χ0v) is 16.3. The number of nitrogens with zero attached hydrogens (tertiary/aromatic N) is 3. The Balaban J connectivity index is 1.49. The lowest BCUT2D eigenvalue weighted by atomic mass is 10.1. The Labute approximate surface area is 164 Å². The molecule has 5 heteroatoms. The van der Waals surface area contributed by atoms with Crippen molar-refractivity contribution in [2.75, 3.05) is 24.5 Å². The third-order valence-electron chi connectivity index (χ3n) is 5.24. The standard InChI is InChI=1S/C22H22ClN3O/c1-15-6-7-17(12-16(15)2)13-26-11-10-25(14-21(26)27)20-9-8-18-4-3-5-19(23)22(18)24-20/h3-9,12H,10-11,13-14H2,1-2H3. The summed E-state index contributed by atoms with van der Waals surface area (Å²) in [4.78, 5) is 21.3. The molecule has 0 bridgehead atoms.